The Bertz CT molecular complexity index is 431. The molecule has 1 aromatic carbocycles. The second-order valence-electron chi connectivity index (χ2n) is 4.95. The Morgan fingerprint density at radius 1 is 1.47 bits per heavy atom. The quantitative estimate of drug-likeness (QED) is 0.870. The van der Waals surface area contributed by atoms with Gasteiger partial charge in [0.15, 0.2) is 0 Å². The molecule has 2 rings (SSSR count). The number of carbonyl (C=O) groups excluding carboxylic acids is 1. The van der Waals surface area contributed by atoms with Crippen molar-refractivity contribution in [1.82, 2.24) is 5.32 Å². The summed E-state index contributed by atoms with van der Waals surface area (Å²) < 4.78 is 4.61. The van der Waals surface area contributed by atoms with Crippen LogP contribution in [0.15, 0.2) is 24.3 Å². The number of hydrogen-bond acceptors (Lipinski definition) is 4. The monoisotopic (exact) mass is 263 g/mol. The van der Waals surface area contributed by atoms with Crippen molar-refractivity contribution < 1.29 is 9.53 Å². The second-order valence-corrected chi connectivity index (χ2v) is 4.95. The molecule has 2 atom stereocenters. The van der Waals surface area contributed by atoms with E-state index in [1.807, 2.05) is 6.92 Å². The van der Waals surface area contributed by atoms with E-state index in [1.54, 1.807) is 0 Å². The lowest BCUT2D eigenvalue weighted by molar-refractivity contribution is 0.167. The molecule has 19 heavy (non-hydrogen) atoms. The first kappa shape index (κ1) is 13.7. The number of nitrogens with zero attached hydrogens (tertiary/aromatic N) is 1. The maximum atomic E-state index is 11.2. The zero-order valence-electron chi connectivity index (χ0n) is 11.4. The predicted molar refractivity (Wildman–Crippen MR) is 75.2 cm³/mol. The molecule has 0 aromatic heterocycles. The van der Waals surface area contributed by atoms with Crippen molar-refractivity contribution in [3.8, 4) is 0 Å². The maximum absolute atomic E-state index is 11.2. The molecule has 2 unspecified atom stereocenters. The number of ether oxygens (including phenoxy) is 1. The topological polar surface area (TPSA) is 67.6 Å². The van der Waals surface area contributed by atoms with E-state index >= 15 is 0 Å². The maximum Gasteiger partial charge on any atom is 0.407 e. The fourth-order valence-corrected chi connectivity index (χ4v) is 2.33. The lowest BCUT2D eigenvalue weighted by Crippen LogP contribution is -2.36. The highest BCUT2D eigenvalue weighted by Gasteiger charge is 2.24. The van der Waals surface area contributed by atoms with Gasteiger partial charge in [-0.15, -0.1) is 0 Å². The van der Waals surface area contributed by atoms with Crippen LogP contribution in [0.4, 0.5) is 10.5 Å². The first-order chi connectivity index (χ1) is 9.10. The molecule has 1 saturated heterocycles. The van der Waals surface area contributed by atoms with Crippen LogP contribution in [0.2, 0.25) is 0 Å². The van der Waals surface area contributed by atoms with E-state index in [4.69, 9.17) is 5.73 Å². The lowest BCUT2D eigenvalue weighted by atomic mass is 10.1. The normalized spacial score (nSPS) is 20.2. The third-order valence-corrected chi connectivity index (χ3v) is 3.48. The van der Waals surface area contributed by atoms with Crippen molar-refractivity contribution in [1.29, 1.82) is 0 Å². The highest BCUT2D eigenvalue weighted by Crippen LogP contribution is 2.22. The summed E-state index contributed by atoms with van der Waals surface area (Å²) in [5.74, 6) is 0. The van der Waals surface area contributed by atoms with Crippen molar-refractivity contribution >= 4 is 11.8 Å². The second kappa shape index (κ2) is 5.93. The Balaban J connectivity index is 1.95. The van der Waals surface area contributed by atoms with Crippen LogP contribution in [0.25, 0.3) is 0 Å². The summed E-state index contributed by atoms with van der Waals surface area (Å²) in [6.07, 6.45) is 0.573. The summed E-state index contributed by atoms with van der Waals surface area (Å²) in [6, 6.07) is 8.49. The standard InChI is InChI=1S/C14H21N3O2/c1-10(15)11-3-5-13(6-4-11)17-8-7-12(9-17)16-14(18)19-2/h3-6,10,12H,7-9,15H2,1-2H3,(H,16,18). The number of anilines is 1. The van der Waals surface area contributed by atoms with Crippen LogP contribution < -0.4 is 16.0 Å². The van der Waals surface area contributed by atoms with Crippen LogP contribution in [0, 0.1) is 0 Å². The van der Waals surface area contributed by atoms with E-state index in [0.29, 0.717) is 0 Å². The molecular formula is C14H21N3O2. The van der Waals surface area contributed by atoms with Crippen molar-refractivity contribution in [3.05, 3.63) is 29.8 Å². The molecule has 0 radical (unpaired) electrons. The Kier molecular flexibility index (Phi) is 4.27. The molecule has 1 aliphatic heterocycles. The first-order valence-corrected chi connectivity index (χ1v) is 6.55. The average Bonchev–Trinajstić information content (AvgIpc) is 2.87. The molecule has 1 amide bonds. The van der Waals surface area contributed by atoms with E-state index in [1.165, 1.54) is 12.8 Å². The molecule has 0 aliphatic carbocycles. The van der Waals surface area contributed by atoms with Crippen LogP contribution in [0.3, 0.4) is 0 Å². The molecule has 104 valence electrons. The van der Waals surface area contributed by atoms with Crippen molar-refractivity contribution in [2.45, 2.75) is 25.4 Å². The van der Waals surface area contributed by atoms with Gasteiger partial charge in [0.25, 0.3) is 0 Å². The van der Waals surface area contributed by atoms with Gasteiger partial charge < -0.3 is 20.7 Å². The predicted octanol–water partition coefficient (Wildman–Crippen LogP) is 1.64. The van der Waals surface area contributed by atoms with Gasteiger partial charge in [0, 0.05) is 24.8 Å². The minimum atomic E-state index is -0.362. The molecular weight excluding hydrogens is 242 g/mol. The summed E-state index contributed by atoms with van der Waals surface area (Å²) in [6.45, 7) is 3.72. The summed E-state index contributed by atoms with van der Waals surface area (Å²) in [4.78, 5) is 13.4. The van der Waals surface area contributed by atoms with E-state index in [0.717, 1.165) is 25.1 Å². The van der Waals surface area contributed by atoms with E-state index in [9.17, 15) is 4.79 Å². The highest BCUT2D eigenvalue weighted by atomic mass is 16.5. The van der Waals surface area contributed by atoms with E-state index in [2.05, 4.69) is 39.2 Å². The Morgan fingerprint density at radius 3 is 2.74 bits per heavy atom. The lowest BCUT2D eigenvalue weighted by Gasteiger charge is -2.19. The van der Waals surface area contributed by atoms with Crippen molar-refractivity contribution in [2.24, 2.45) is 5.73 Å². The van der Waals surface area contributed by atoms with Gasteiger partial charge in [-0.2, -0.15) is 0 Å². The van der Waals surface area contributed by atoms with Gasteiger partial charge in [0.1, 0.15) is 0 Å². The van der Waals surface area contributed by atoms with Gasteiger partial charge in [0.05, 0.1) is 13.2 Å². The number of rotatable bonds is 3. The largest absolute Gasteiger partial charge is 0.453 e. The fourth-order valence-electron chi connectivity index (χ4n) is 2.33. The van der Waals surface area contributed by atoms with Crippen LogP contribution in [-0.2, 0) is 4.74 Å². The number of amides is 1. The molecule has 1 aliphatic rings. The molecule has 1 fully saturated rings. The first-order valence-electron chi connectivity index (χ1n) is 6.55. The molecule has 5 heteroatoms. The van der Waals surface area contributed by atoms with Gasteiger partial charge in [0.2, 0.25) is 0 Å². The van der Waals surface area contributed by atoms with Gasteiger partial charge in [-0.25, -0.2) is 4.79 Å². The third-order valence-electron chi connectivity index (χ3n) is 3.48. The van der Waals surface area contributed by atoms with Crippen molar-refractivity contribution in [2.75, 3.05) is 25.1 Å². The number of methoxy groups -OCH3 is 1. The third kappa shape index (κ3) is 3.38. The molecule has 1 heterocycles. The van der Waals surface area contributed by atoms with Gasteiger partial charge >= 0.3 is 6.09 Å². The molecule has 1 aromatic rings. The Hall–Kier alpha value is -1.75. The molecule has 3 N–H and O–H groups in total. The van der Waals surface area contributed by atoms with Gasteiger partial charge in [-0.05, 0) is 31.0 Å². The number of alkyl carbamates (subject to hydrolysis) is 1. The number of carbonyl (C=O) groups is 1. The number of nitrogens with one attached hydrogen (secondary N) is 1. The van der Waals surface area contributed by atoms with Crippen LogP contribution in [0.5, 0.6) is 0 Å². The van der Waals surface area contributed by atoms with E-state index < -0.39 is 0 Å². The van der Waals surface area contributed by atoms with E-state index in [-0.39, 0.29) is 18.2 Å². The molecule has 0 spiro atoms. The van der Waals surface area contributed by atoms with Gasteiger partial charge in [-0.1, -0.05) is 12.1 Å². The Labute approximate surface area is 113 Å². The zero-order chi connectivity index (χ0) is 13.8. The molecule has 0 bridgehead atoms. The van der Waals surface area contributed by atoms with Crippen LogP contribution in [-0.4, -0.2) is 32.3 Å². The fraction of sp³-hybridized carbons (Fsp3) is 0.500. The minimum absolute atomic E-state index is 0.0568. The summed E-state index contributed by atoms with van der Waals surface area (Å²) in [7, 11) is 1.38. The summed E-state index contributed by atoms with van der Waals surface area (Å²) >= 11 is 0. The summed E-state index contributed by atoms with van der Waals surface area (Å²) in [5.41, 5.74) is 8.13. The summed E-state index contributed by atoms with van der Waals surface area (Å²) in [5, 5.41) is 2.84. The smallest absolute Gasteiger partial charge is 0.407 e. The average molecular weight is 263 g/mol. The highest BCUT2D eigenvalue weighted by molar-refractivity contribution is 5.67. The van der Waals surface area contributed by atoms with Crippen molar-refractivity contribution in [3.63, 3.8) is 0 Å². The number of benzene rings is 1. The SMILES string of the molecule is COC(=O)NC1CCN(c2ccc(C(C)N)cc2)C1. The number of nitrogens with two attached hydrogens (primary N) is 1. The van der Waals surface area contributed by atoms with Crippen LogP contribution in [0.1, 0.15) is 24.9 Å². The number of hydrogen-bond donors (Lipinski definition) is 2. The molecule has 0 saturated carbocycles. The van der Waals surface area contributed by atoms with Gasteiger partial charge in [-0.3, -0.25) is 0 Å². The Morgan fingerprint density at radius 2 is 2.16 bits per heavy atom. The molecule has 5 nitrogen and oxygen atoms in total. The van der Waals surface area contributed by atoms with Crippen LogP contribution >= 0.6 is 0 Å². The minimum Gasteiger partial charge on any atom is -0.453 e. The zero-order valence-corrected chi connectivity index (χ0v) is 11.4.